The Morgan fingerprint density at radius 2 is 0.543 bits per heavy atom. The first-order valence-corrected chi connectivity index (χ1v) is 16.3. The number of halogens is 1. The molecule has 0 heterocycles. The number of hydrogen-bond acceptors (Lipinski definition) is 0. The van der Waals surface area contributed by atoms with Gasteiger partial charge in [-0.05, 0) is 25.7 Å². The van der Waals surface area contributed by atoms with Crippen LogP contribution < -0.4 is 17.0 Å². The van der Waals surface area contributed by atoms with Crippen molar-refractivity contribution in [2.75, 3.05) is 21.1 Å². The summed E-state index contributed by atoms with van der Waals surface area (Å²) in [4.78, 5) is 0. The molecule has 0 rings (SSSR count). The second-order valence-electron chi connectivity index (χ2n) is 12.5. The molecule has 1 unspecified atom stereocenters. The fraction of sp³-hybridized carbons (Fsp3) is 1.00. The molecule has 0 saturated heterocycles. The van der Waals surface area contributed by atoms with Gasteiger partial charge < -0.3 is 21.5 Å². The summed E-state index contributed by atoms with van der Waals surface area (Å²) in [7, 11) is 7.27. The maximum Gasteiger partial charge on any atom is 0.0884 e. The van der Waals surface area contributed by atoms with Gasteiger partial charge in [-0.15, -0.1) is 0 Å². The van der Waals surface area contributed by atoms with Crippen molar-refractivity contribution in [1.82, 2.24) is 0 Å². The lowest BCUT2D eigenvalue weighted by Crippen LogP contribution is -3.00. The Morgan fingerprint density at radius 1 is 0.343 bits per heavy atom. The summed E-state index contributed by atoms with van der Waals surface area (Å²) < 4.78 is 1.16. The number of unbranched alkanes of at least 4 members (excludes halogenated alkanes) is 23. The quantitative estimate of drug-likeness (QED) is 0.0664. The van der Waals surface area contributed by atoms with Crippen LogP contribution in [0.15, 0.2) is 0 Å². The minimum atomic E-state index is 0. The number of hydrogen-bond donors (Lipinski definition) is 0. The fourth-order valence-electron chi connectivity index (χ4n) is 5.54. The maximum absolute atomic E-state index is 2.42. The van der Waals surface area contributed by atoms with Crippen molar-refractivity contribution in [3.05, 3.63) is 0 Å². The summed E-state index contributed by atoms with van der Waals surface area (Å²) in [5.74, 6) is 0. The van der Waals surface area contributed by atoms with Crippen LogP contribution >= 0.6 is 0 Å². The van der Waals surface area contributed by atoms with E-state index in [2.05, 4.69) is 35.0 Å². The average molecular weight is 561 g/mol. The molecule has 0 aliphatic rings. The summed E-state index contributed by atoms with van der Waals surface area (Å²) >= 11 is 0. The van der Waals surface area contributed by atoms with Gasteiger partial charge in [0.25, 0.3) is 0 Å². The Morgan fingerprint density at radius 3 is 0.743 bits per heavy atom. The summed E-state index contributed by atoms with van der Waals surface area (Å²) in [6.07, 6.45) is 39.4. The van der Waals surface area contributed by atoms with E-state index < -0.39 is 0 Å². The second kappa shape index (κ2) is 29.0. The third-order valence-corrected chi connectivity index (χ3v) is 8.13. The van der Waals surface area contributed by atoms with Gasteiger partial charge in [-0.25, -0.2) is 0 Å². The van der Waals surface area contributed by atoms with Gasteiger partial charge in [-0.1, -0.05) is 162 Å². The predicted molar refractivity (Wildman–Crippen MR) is 158 cm³/mol. The van der Waals surface area contributed by atoms with Gasteiger partial charge in [0.2, 0.25) is 0 Å². The van der Waals surface area contributed by atoms with Gasteiger partial charge in [0.1, 0.15) is 0 Å². The zero-order valence-corrected chi connectivity index (χ0v) is 27.1. The molecule has 0 saturated carbocycles. The van der Waals surface area contributed by atoms with E-state index in [1.165, 1.54) is 173 Å². The van der Waals surface area contributed by atoms with Crippen LogP contribution in [0.25, 0.3) is 0 Å². The van der Waals surface area contributed by atoms with E-state index in [-0.39, 0.29) is 17.0 Å². The lowest BCUT2D eigenvalue weighted by molar-refractivity contribution is -0.896. The number of rotatable bonds is 28. The molecule has 0 bridgehead atoms. The summed E-state index contributed by atoms with van der Waals surface area (Å²) in [5.41, 5.74) is 0. The zero-order chi connectivity index (χ0) is 25.2. The van der Waals surface area contributed by atoms with Gasteiger partial charge in [0.15, 0.2) is 0 Å². The highest BCUT2D eigenvalue weighted by Crippen LogP contribution is 2.21. The molecule has 1 nitrogen and oxygen atoms in total. The van der Waals surface area contributed by atoms with E-state index in [0.29, 0.717) is 0 Å². The first-order chi connectivity index (χ1) is 16.5. The Bertz CT molecular complexity index is 376. The molecule has 0 aromatic carbocycles. The van der Waals surface area contributed by atoms with Crippen LogP contribution in [0.1, 0.15) is 187 Å². The molecule has 0 aromatic rings. The van der Waals surface area contributed by atoms with Crippen LogP contribution in [0.5, 0.6) is 0 Å². The van der Waals surface area contributed by atoms with Crippen molar-refractivity contribution in [2.24, 2.45) is 0 Å². The van der Waals surface area contributed by atoms with E-state index in [9.17, 15) is 0 Å². The van der Waals surface area contributed by atoms with E-state index in [1.807, 2.05) is 0 Å². The molecular weight excluding hydrogens is 490 g/mol. The molecule has 0 aromatic heterocycles. The molecule has 0 radical (unpaired) electrons. The SMILES string of the molecule is CCCCCCCCCCCCCCCCCC(CCCCCCCCCCCC)[N+](C)(C)C.[Br-]. The smallest absolute Gasteiger partial charge is 0.0884 e. The summed E-state index contributed by atoms with van der Waals surface area (Å²) in [5, 5.41) is 0. The van der Waals surface area contributed by atoms with Gasteiger partial charge in [-0.2, -0.15) is 0 Å². The second-order valence-corrected chi connectivity index (χ2v) is 12.5. The highest BCUT2D eigenvalue weighted by molar-refractivity contribution is 4.60. The Labute approximate surface area is 235 Å². The minimum Gasteiger partial charge on any atom is -1.00 e. The summed E-state index contributed by atoms with van der Waals surface area (Å²) in [6, 6.07) is 0.871. The molecular formula is C33H70BrN. The number of quaternary nitrogens is 1. The van der Waals surface area contributed by atoms with Crippen LogP contribution in [-0.2, 0) is 0 Å². The van der Waals surface area contributed by atoms with Gasteiger partial charge in [-0.3, -0.25) is 0 Å². The van der Waals surface area contributed by atoms with E-state index >= 15 is 0 Å². The molecule has 35 heavy (non-hydrogen) atoms. The van der Waals surface area contributed by atoms with Crippen molar-refractivity contribution in [3.8, 4) is 0 Å². The molecule has 0 spiro atoms. The first-order valence-electron chi connectivity index (χ1n) is 16.3. The van der Waals surface area contributed by atoms with E-state index in [0.717, 1.165) is 10.5 Å². The Kier molecular flexibility index (Phi) is 31.2. The summed E-state index contributed by atoms with van der Waals surface area (Å²) in [6.45, 7) is 4.62. The van der Waals surface area contributed by atoms with Crippen molar-refractivity contribution < 1.29 is 21.5 Å². The van der Waals surface area contributed by atoms with Crippen LogP contribution in [-0.4, -0.2) is 31.7 Å². The molecule has 0 aliphatic carbocycles. The van der Waals surface area contributed by atoms with E-state index in [1.54, 1.807) is 0 Å². The highest BCUT2D eigenvalue weighted by atomic mass is 79.9. The Balaban J connectivity index is 0. The first kappa shape index (κ1) is 37.6. The van der Waals surface area contributed by atoms with Gasteiger partial charge in [0, 0.05) is 0 Å². The van der Waals surface area contributed by atoms with Crippen molar-refractivity contribution >= 4 is 0 Å². The Hall–Kier alpha value is 0.440. The van der Waals surface area contributed by atoms with Crippen LogP contribution in [0.4, 0.5) is 0 Å². The van der Waals surface area contributed by atoms with Gasteiger partial charge >= 0.3 is 0 Å². The normalized spacial score (nSPS) is 12.6. The van der Waals surface area contributed by atoms with Crippen molar-refractivity contribution in [2.45, 2.75) is 193 Å². The molecule has 2 heteroatoms. The third kappa shape index (κ3) is 28.9. The molecule has 0 N–H and O–H groups in total. The largest absolute Gasteiger partial charge is 1.00 e. The van der Waals surface area contributed by atoms with E-state index in [4.69, 9.17) is 0 Å². The van der Waals surface area contributed by atoms with Crippen molar-refractivity contribution in [3.63, 3.8) is 0 Å². The minimum absolute atomic E-state index is 0. The van der Waals surface area contributed by atoms with Gasteiger partial charge in [0.05, 0.1) is 27.2 Å². The van der Waals surface area contributed by atoms with Crippen LogP contribution in [0, 0.1) is 0 Å². The monoisotopic (exact) mass is 559 g/mol. The fourth-order valence-corrected chi connectivity index (χ4v) is 5.54. The molecule has 0 aliphatic heterocycles. The number of nitrogens with zero attached hydrogens (tertiary/aromatic N) is 1. The average Bonchev–Trinajstić information content (AvgIpc) is 2.80. The van der Waals surface area contributed by atoms with Crippen molar-refractivity contribution in [1.29, 1.82) is 0 Å². The standard InChI is InChI=1S/C33H70N.BrH/c1-6-8-10-12-14-16-18-19-20-21-22-24-26-28-30-32-33(34(3,4)5)31-29-27-25-23-17-15-13-11-9-7-2;/h33H,6-32H2,1-5H3;1H/q+1;/p-1. The molecule has 0 fully saturated rings. The molecule has 214 valence electrons. The molecule has 0 amide bonds. The van der Waals surface area contributed by atoms with Crippen LogP contribution in [0.2, 0.25) is 0 Å². The zero-order valence-electron chi connectivity index (χ0n) is 25.5. The lowest BCUT2D eigenvalue weighted by Gasteiger charge is -2.34. The van der Waals surface area contributed by atoms with Crippen LogP contribution in [0.3, 0.4) is 0 Å². The predicted octanol–water partition coefficient (Wildman–Crippen LogP) is 8.64. The third-order valence-electron chi connectivity index (χ3n) is 8.13. The topological polar surface area (TPSA) is 0 Å². The lowest BCUT2D eigenvalue weighted by atomic mass is 9.97. The highest BCUT2D eigenvalue weighted by Gasteiger charge is 2.22. The molecule has 1 atom stereocenters. The maximum atomic E-state index is 2.42.